The smallest absolute Gasteiger partial charge is 0.261 e. The van der Waals surface area contributed by atoms with E-state index >= 15 is 0 Å². The number of aliphatic hydroxyl groups is 1. The number of Topliss-reactive ketones (excluding diaryl/α,β-unsaturated/α-hetero) is 1. The van der Waals surface area contributed by atoms with Crippen LogP contribution < -0.4 is 4.72 Å². The molecule has 0 aromatic heterocycles. The van der Waals surface area contributed by atoms with E-state index in [1.807, 2.05) is 0 Å². The van der Waals surface area contributed by atoms with Gasteiger partial charge in [0.05, 0.1) is 4.90 Å². The molecular formula is C14H12FNO4S. The van der Waals surface area contributed by atoms with Gasteiger partial charge in [0.1, 0.15) is 12.4 Å². The molecule has 0 amide bonds. The molecule has 0 atom stereocenters. The van der Waals surface area contributed by atoms with Gasteiger partial charge in [0, 0.05) is 11.3 Å². The highest BCUT2D eigenvalue weighted by Crippen LogP contribution is 2.17. The van der Waals surface area contributed by atoms with E-state index in [2.05, 4.69) is 4.72 Å². The topological polar surface area (TPSA) is 83.5 Å². The molecule has 0 aliphatic heterocycles. The molecule has 7 heteroatoms. The van der Waals surface area contributed by atoms with E-state index in [-0.39, 0.29) is 16.1 Å². The molecule has 2 aromatic carbocycles. The van der Waals surface area contributed by atoms with Crippen LogP contribution in [0.2, 0.25) is 0 Å². The second kappa shape index (κ2) is 6.02. The number of anilines is 1. The summed E-state index contributed by atoms with van der Waals surface area (Å²) in [6, 6.07) is 10.2. The van der Waals surface area contributed by atoms with Crippen LogP contribution in [0.3, 0.4) is 0 Å². The second-order valence-corrected chi connectivity index (χ2v) is 5.90. The molecule has 0 saturated carbocycles. The Balaban J connectivity index is 2.23. The van der Waals surface area contributed by atoms with E-state index in [0.717, 1.165) is 12.1 Å². The molecule has 0 spiro atoms. The first-order valence-electron chi connectivity index (χ1n) is 5.95. The molecule has 110 valence electrons. The van der Waals surface area contributed by atoms with Crippen molar-refractivity contribution >= 4 is 21.5 Å². The van der Waals surface area contributed by atoms with Gasteiger partial charge < -0.3 is 5.11 Å². The third-order valence-electron chi connectivity index (χ3n) is 2.71. The van der Waals surface area contributed by atoms with Crippen LogP contribution in [0.4, 0.5) is 10.1 Å². The molecule has 0 aliphatic carbocycles. The first-order valence-corrected chi connectivity index (χ1v) is 7.43. The Hall–Kier alpha value is -2.25. The summed E-state index contributed by atoms with van der Waals surface area (Å²) in [5.41, 5.74) is 0.500. The predicted molar refractivity (Wildman–Crippen MR) is 75.1 cm³/mol. The molecule has 0 fully saturated rings. The van der Waals surface area contributed by atoms with Crippen LogP contribution in [0.1, 0.15) is 10.4 Å². The average Bonchev–Trinajstić information content (AvgIpc) is 2.47. The van der Waals surface area contributed by atoms with Crippen LogP contribution >= 0.6 is 0 Å². The largest absolute Gasteiger partial charge is 0.388 e. The first kappa shape index (κ1) is 15.1. The van der Waals surface area contributed by atoms with Crippen LogP contribution in [-0.4, -0.2) is 25.9 Å². The van der Waals surface area contributed by atoms with Crippen LogP contribution in [0.25, 0.3) is 0 Å². The van der Waals surface area contributed by atoms with Crippen molar-refractivity contribution in [3.8, 4) is 0 Å². The van der Waals surface area contributed by atoms with Crippen LogP contribution in [0, 0.1) is 5.82 Å². The number of hydrogen-bond donors (Lipinski definition) is 2. The van der Waals surface area contributed by atoms with Crippen molar-refractivity contribution in [1.29, 1.82) is 0 Å². The summed E-state index contributed by atoms with van der Waals surface area (Å²) in [6.45, 7) is -0.617. The standard InChI is InChI=1S/C14H12FNO4S/c15-11-2-1-3-13(8-11)21(19,20)16-12-6-4-10(5-7-12)14(18)9-17/h1-8,16-17H,9H2. The normalized spacial score (nSPS) is 11.1. The highest BCUT2D eigenvalue weighted by atomic mass is 32.2. The van der Waals surface area contributed by atoms with E-state index in [4.69, 9.17) is 5.11 Å². The number of aliphatic hydroxyl groups excluding tert-OH is 1. The molecule has 2 rings (SSSR count). The summed E-state index contributed by atoms with van der Waals surface area (Å²) in [5.74, 6) is -1.11. The monoisotopic (exact) mass is 309 g/mol. The molecule has 0 radical (unpaired) electrons. The minimum atomic E-state index is -3.90. The quantitative estimate of drug-likeness (QED) is 0.825. The predicted octanol–water partition coefficient (Wildman–Crippen LogP) is 1.80. The fourth-order valence-electron chi connectivity index (χ4n) is 1.66. The maximum absolute atomic E-state index is 13.1. The number of sulfonamides is 1. The number of carbonyl (C=O) groups excluding carboxylic acids is 1. The van der Waals surface area contributed by atoms with Crippen LogP contribution in [0.15, 0.2) is 53.4 Å². The molecule has 0 saturated heterocycles. The van der Waals surface area contributed by atoms with Crippen molar-refractivity contribution in [1.82, 2.24) is 0 Å². The number of rotatable bonds is 5. The Morgan fingerprint density at radius 1 is 1.14 bits per heavy atom. The Labute approximate surface area is 121 Å². The van der Waals surface area contributed by atoms with Gasteiger partial charge in [-0.2, -0.15) is 0 Å². The van der Waals surface area contributed by atoms with Crippen molar-refractivity contribution < 1.29 is 22.7 Å². The zero-order valence-corrected chi connectivity index (χ0v) is 11.6. The summed E-state index contributed by atoms with van der Waals surface area (Å²) in [5, 5.41) is 8.72. The highest BCUT2D eigenvalue weighted by molar-refractivity contribution is 7.92. The van der Waals surface area contributed by atoms with Gasteiger partial charge in [0.2, 0.25) is 0 Å². The number of carbonyl (C=O) groups is 1. The fourth-order valence-corrected chi connectivity index (χ4v) is 2.75. The van der Waals surface area contributed by atoms with Crippen LogP contribution in [-0.2, 0) is 10.0 Å². The summed E-state index contributed by atoms with van der Waals surface area (Å²) in [6.07, 6.45) is 0. The number of hydrogen-bond acceptors (Lipinski definition) is 4. The molecule has 0 aliphatic rings. The highest BCUT2D eigenvalue weighted by Gasteiger charge is 2.15. The van der Waals surface area contributed by atoms with E-state index < -0.39 is 28.2 Å². The third-order valence-corrected chi connectivity index (χ3v) is 4.09. The summed E-state index contributed by atoms with van der Waals surface area (Å²) in [7, 11) is -3.90. The molecule has 0 heterocycles. The van der Waals surface area contributed by atoms with Crippen molar-refractivity contribution in [2.75, 3.05) is 11.3 Å². The van der Waals surface area contributed by atoms with Gasteiger partial charge in [-0.15, -0.1) is 0 Å². The fraction of sp³-hybridized carbons (Fsp3) is 0.0714. The van der Waals surface area contributed by atoms with E-state index in [0.29, 0.717) is 0 Å². The molecule has 21 heavy (non-hydrogen) atoms. The maximum atomic E-state index is 13.1. The van der Waals surface area contributed by atoms with Gasteiger partial charge in [-0.3, -0.25) is 9.52 Å². The molecule has 2 N–H and O–H groups in total. The summed E-state index contributed by atoms with van der Waals surface area (Å²) < 4.78 is 39.4. The van der Waals surface area contributed by atoms with Gasteiger partial charge >= 0.3 is 0 Å². The number of benzene rings is 2. The molecule has 2 aromatic rings. The van der Waals surface area contributed by atoms with E-state index in [1.165, 1.54) is 36.4 Å². The van der Waals surface area contributed by atoms with Crippen molar-refractivity contribution in [2.24, 2.45) is 0 Å². The average molecular weight is 309 g/mol. The lowest BCUT2D eigenvalue weighted by atomic mass is 10.1. The first-order chi connectivity index (χ1) is 9.92. The van der Waals surface area contributed by atoms with Gasteiger partial charge in [-0.25, -0.2) is 12.8 Å². The summed E-state index contributed by atoms with van der Waals surface area (Å²) >= 11 is 0. The number of halogens is 1. The molecule has 0 unspecified atom stereocenters. The van der Waals surface area contributed by atoms with Gasteiger partial charge in [-0.05, 0) is 42.5 Å². The van der Waals surface area contributed by atoms with E-state index in [9.17, 15) is 17.6 Å². The SMILES string of the molecule is O=C(CO)c1ccc(NS(=O)(=O)c2cccc(F)c2)cc1. The minimum Gasteiger partial charge on any atom is -0.388 e. The third kappa shape index (κ3) is 3.65. The molecular weight excluding hydrogens is 297 g/mol. The van der Waals surface area contributed by atoms with Crippen LogP contribution in [0.5, 0.6) is 0 Å². The zero-order valence-electron chi connectivity index (χ0n) is 10.8. The minimum absolute atomic E-state index is 0.196. The number of nitrogens with one attached hydrogen (secondary N) is 1. The molecule has 0 bridgehead atoms. The van der Waals surface area contributed by atoms with E-state index in [1.54, 1.807) is 0 Å². The van der Waals surface area contributed by atoms with Crippen molar-refractivity contribution in [2.45, 2.75) is 4.90 Å². The Morgan fingerprint density at radius 3 is 2.38 bits per heavy atom. The second-order valence-electron chi connectivity index (χ2n) is 4.22. The van der Waals surface area contributed by atoms with Gasteiger partial charge in [-0.1, -0.05) is 6.07 Å². The number of ketones is 1. The molecule has 5 nitrogen and oxygen atoms in total. The lowest BCUT2D eigenvalue weighted by Crippen LogP contribution is -2.13. The lowest BCUT2D eigenvalue weighted by molar-refractivity contribution is 0.0904. The maximum Gasteiger partial charge on any atom is 0.261 e. The summed E-state index contributed by atoms with van der Waals surface area (Å²) in [4.78, 5) is 11.0. The van der Waals surface area contributed by atoms with Crippen molar-refractivity contribution in [3.05, 3.63) is 59.9 Å². The Bertz CT molecular complexity index is 757. The van der Waals surface area contributed by atoms with Gasteiger partial charge in [0.25, 0.3) is 10.0 Å². The Morgan fingerprint density at radius 2 is 1.81 bits per heavy atom. The lowest BCUT2D eigenvalue weighted by Gasteiger charge is -2.08. The van der Waals surface area contributed by atoms with Gasteiger partial charge in [0.15, 0.2) is 5.78 Å². The Kier molecular flexibility index (Phi) is 4.35. The zero-order chi connectivity index (χ0) is 15.5. The van der Waals surface area contributed by atoms with Crippen molar-refractivity contribution in [3.63, 3.8) is 0 Å².